The topological polar surface area (TPSA) is 108 Å². The lowest BCUT2D eigenvalue weighted by molar-refractivity contribution is -0.384. The second kappa shape index (κ2) is 10.1. The summed E-state index contributed by atoms with van der Waals surface area (Å²) < 4.78 is 38.5. The molecule has 0 aromatic heterocycles. The molecule has 160 valence electrons. The average Bonchev–Trinajstić information content (AvgIpc) is 2.72. The standard InChI is InChI=1S/C19H18F2N2O7/c1-22(10-12-3-6-14(7-4-12)30-19(20)21)17(24)11-29-18(25)15-9-13(23(26)27)5-8-16(15)28-2/h3-9,19H,10-11H2,1-2H3. The van der Waals surface area contributed by atoms with Crippen molar-refractivity contribution < 1.29 is 37.5 Å². The molecule has 1 amide bonds. The Labute approximate surface area is 169 Å². The maximum Gasteiger partial charge on any atom is 0.387 e. The number of alkyl halides is 2. The third-order valence-electron chi connectivity index (χ3n) is 3.93. The number of likely N-dealkylation sites (N-methyl/N-ethyl adjacent to an activating group) is 1. The number of nitrogens with zero attached hydrogens (tertiary/aromatic N) is 2. The van der Waals surface area contributed by atoms with Crippen LogP contribution in [0.3, 0.4) is 0 Å². The molecule has 11 heteroatoms. The zero-order chi connectivity index (χ0) is 22.3. The second-order valence-corrected chi connectivity index (χ2v) is 5.99. The minimum atomic E-state index is -2.93. The monoisotopic (exact) mass is 424 g/mol. The van der Waals surface area contributed by atoms with Gasteiger partial charge in [-0.3, -0.25) is 14.9 Å². The number of nitro groups is 1. The molecular formula is C19H18F2N2O7. The van der Waals surface area contributed by atoms with Crippen LogP contribution in [0.4, 0.5) is 14.5 Å². The first-order chi connectivity index (χ1) is 14.2. The molecule has 0 radical (unpaired) electrons. The average molecular weight is 424 g/mol. The molecule has 2 aromatic rings. The van der Waals surface area contributed by atoms with Crippen molar-refractivity contribution in [1.82, 2.24) is 4.90 Å². The maximum absolute atomic E-state index is 12.2. The lowest BCUT2D eigenvalue weighted by Gasteiger charge is -2.17. The van der Waals surface area contributed by atoms with Gasteiger partial charge in [0.2, 0.25) is 0 Å². The number of amides is 1. The molecule has 2 aromatic carbocycles. The first kappa shape index (κ1) is 22.5. The van der Waals surface area contributed by atoms with Crippen LogP contribution >= 0.6 is 0 Å². The molecule has 0 aliphatic heterocycles. The van der Waals surface area contributed by atoms with E-state index in [1.54, 1.807) is 0 Å². The summed E-state index contributed by atoms with van der Waals surface area (Å²) in [4.78, 5) is 35.9. The van der Waals surface area contributed by atoms with Gasteiger partial charge < -0.3 is 19.1 Å². The van der Waals surface area contributed by atoms with E-state index in [-0.39, 0.29) is 29.3 Å². The molecule has 0 bridgehead atoms. The van der Waals surface area contributed by atoms with Gasteiger partial charge in [-0.15, -0.1) is 0 Å². The SMILES string of the molecule is COc1ccc([N+](=O)[O-])cc1C(=O)OCC(=O)N(C)Cc1ccc(OC(F)F)cc1. The molecule has 9 nitrogen and oxygen atoms in total. The van der Waals surface area contributed by atoms with E-state index in [1.165, 1.54) is 55.5 Å². The fraction of sp³-hybridized carbons (Fsp3) is 0.263. The largest absolute Gasteiger partial charge is 0.496 e. The van der Waals surface area contributed by atoms with Crippen LogP contribution in [0.2, 0.25) is 0 Å². The van der Waals surface area contributed by atoms with Gasteiger partial charge in [0.1, 0.15) is 17.1 Å². The van der Waals surface area contributed by atoms with Crippen molar-refractivity contribution in [3.05, 3.63) is 63.7 Å². The summed E-state index contributed by atoms with van der Waals surface area (Å²) in [6.07, 6.45) is 0. The molecule has 0 saturated carbocycles. The fourth-order valence-corrected chi connectivity index (χ4v) is 2.42. The van der Waals surface area contributed by atoms with E-state index in [1.807, 2.05) is 0 Å². The Balaban J connectivity index is 1.95. The van der Waals surface area contributed by atoms with Crippen LogP contribution in [0.5, 0.6) is 11.5 Å². The van der Waals surface area contributed by atoms with Crippen LogP contribution in [0.15, 0.2) is 42.5 Å². The lowest BCUT2D eigenvalue weighted by atomic mass is 10.2. The van der Waals surface area contributed by atoms with Crippen molar-refractivity contribution in [3.63, 3.8) is 0 Å². The predicted octanol–water partition coefficient (Wildman–Crippen LogP) is 3.02. The fourth-order valence-electron chi connectivity index (χ4n) is 2.42. The summed E-state index contributed by atoms with van der Waals surface area (Å²) in [6, 6.07) is 9.14. The minimum absolute atomic E-state index is 0.0115. The highest BCUT2D eigenvalue weighted by Crippen LogP contribution is 2.24. The Morgan fingerprint density at radius 3 is 2.40 bits per heavy atom. The van der Waals surface area contributed by atoms with Crippen LogP contribution < -0.4 is 9.47 Å². The van der Waals surface area contributed by atoms with Crippen molar-refractivity contribution in [3.8, 4) is 11.5 Å². The van der Waals surface area contributed by atoms with Crippen molar-refractivity contribution in [2.75, 3.05) is 20.8 Å². The maximum atomic E-state index is 12.2. The number of benzene rings is 2. The summed E-state index contributed by atoms with van der Waals surface area (Å²) in [6.45, 7) is -3.40. The van der Waals surface area contributed by atoms with E-state index >= 15 is 0 Å². The number of hydrogen-bond donors (Lipinski definition) is 0. The normalized spacial score (nSPS) is 10.4. The minimum Gasteiger partial charge on any atom is -0.496 e. The van der Waals surface area contributed by atoms with E-state index < -0.39 is 30.0 Å². The number of methoxy groups -OCH3 is 1. The molecule has 0 fully saturated rings. The van der Waals surface area contributed by atoms with E-state index in [2.05, 4.69) is 4.74 Å². The zero-order valence-electron chi connectivity index (χ0n) is 16.0. The van der Waals surface area contributed by atoms with Crippen LogP contribution in [-0.4, -0.2) is 49.1 Å². The molecular weight excluding hydrogens is 406 g/mol. The van der Waals surface area contributed by atoms with Gasteiger partial charge in [-0.25, -0.2) is 4.79 Å². The Morgan fingerprint density at radius 2 is 1.83 bits per heavy atom. The molecule has 0 spiro atoms. The Hall–Kier alpha value is -3.76. The molecule has 0 saturated heterocycles. The lowest BCUT2D eigenvalue weighted by Crippen LogP contribution is -2.30. The molecule has 0 aliphatic carbocycles. The first-order valence-electron chi connectivity index (χ1n) is 8.48. The number of esters is 1. The molecule has 0 atom stereocenters. The molecule has 0 N–H and O–H groups in total. The second-order valence-electron chi connectivity index (χ2n) is 5.99. The van der Waals surface area contributed by atoms with Crippen LogP contribution in [-0.2, 0) is 16.1 Å². The quantitative estimate of drug-likeness (QED) is 0.346. The highest BCUT2D eigenvalue weighted by molar-refractivity contribution is 5.94. The van der Waals surface area contributed by atoms with E-state index in [4.69, 9.17) is 9.47 Å². The highest BCUT2D eigenvalue weighted by Gasteiger charge is 2.20. The number of carbonyl (C=O) groups excluding carboxylic acids is 2. The van der Waals surface area contributed by atoms with Crippen molar-refractivity contribution in [1.29, 1.82) is 0 Å². The third kappa shape index (κ3) is 6.12. The van der Waals surface area contributed by atoms with E-state index in [9.17, 15) is 28.5 Å². The number of halogens is 2. The highest BCUT2D eigenvalue weighted by atomic mass is 19.3. The predicted molar refractivity (Wildman–Crippen MR) is 99.5 cm³/mol. The summed E-state index contributed by atoms with van der Waals surface area (Å²) in [7, 11) is 2.75. The van der Waals surface area contributed by atoms with Gasteiger partial charge >= 0.3 is 12.6 Å². The number of rotatable bonds is 9. The van der Waals surface area contributed by atoms with E-state index in [0.717, 1.165) is 6.07 Å². The first-order valence-corrected chi connectivity index (χ1v) is 8.48. The molecule has 30 heavy (non-hydrogen) atoms. The summed E-state index contributed by atoms with van der Waals surface area (Å²) in [5.41, 5.74) is 0.126. The van der Waals surface area contributed by atoms with Gasteiger partial charge in [0.05, 0.1) is 12.0 Å². The Kier molecular flexibility index (Phi) is 7.62. The van der Waals surface area contributed by atoms with Crippen molar-refractivity contribution >= 4 is 17.6 Å². The Morgan fingerprint density at radius 1 is 1.17 bits per heavy atom. The number of non-ortho nitro benzene ring substituents is 1. The van der Waals surface area contributed by atoms with E-state index in [0.29, 0.717) is 5.56 Å². The number of carbonyl (C=O) groups is 2. The van der Waals surface area contributed by atoms with Gasteiger partial charge in [-0.05, 0) is 23.8 Å². The summed E-state index contributed by atoms with van der Waals surface area (Å²) >= 11 is 0. The van der Waals surface area contributed by atoms with Gasteiger partial charge in [0.25, 0.3) is 11.6 Å². The summed E-state index contributed by atoms with van der Waals surface area (Å²) in [5.74, 6) is -1.44. The van der Waals surface area contributed by atoms with Crippen molar-refractivity contribution in [2.24, 2.45) is 0 Å². The third-order valence-corrected chi connectivity index (χ3v) is 3.93. The van der Waals surface area contributed by atoms with Gasteiger partial charge in [-0.2, -0.15) is 8.78 Å². The molecule has 0 heterocycles. The smallest absolute Gasteiger partial charge is 0.387 e. The van der Waals surface area contributed by atoms with Gasteiger partial charge in [-0.1, -0.05) is 12.1 Å². The summed E-state index contributed by atoms with van der Waals surface area (Å²) in [5, 5.41) is 10.9. The number of ether oxygens (including phenoxy) is 3. The van der Waals surface area contributed by atoms with Crippen molar-refractivity contribution in [2.45, 2.75) is 13.2 Å². The van der Waals surface area contributed by atoms with Crippen LogP contribution in [0, 0.1) is 10.1 Å². The zero-order valence-corrected chi connectivity index (χ0v) is 16.0. The van der Waals surface area contributed by atoms with Crippen LogP contribution in [0.25, 0.3) is 0 Å². The molecule has 0 unspecified atom stereocenters. The molecule has 2 rings (SSSR count). The number of nitro benzene ring substituents is 1. The van der Waals surface area contributed by atoms with Crippen LogP contribution in [0.1, 0.15) is 15.9 Å². The molecule has 0 aliphatic rings. The van der Waals surface area contributed by atoms with Gasteiger partial charge in [0.15, 0.2) is 6.61 Å². The number of hydrogen-bond acceptors (Lipinski definition) is 7. The Bertz CT molecular complexity index is 920. The van der Waals surface area contributed by atoms with Gasteiger partial charge in [0, 0.05) is 25.7 Å².